The quantitative estimate of drug-likeness (QED) is 0.607. The summed E-state index contributed by atoms with van der Waals surface area (Å²) < 4.78 is 0. The van der Waals surface area contributed by atoms with Gasteiger partial charge in [-0.15, -0.1) is 0 Å². The highest BCUT2D eigenvalue weighted by Crippen LogP contribution is 2.34. The Balaban J connectivity index is 2.17. The number of hydrogen-bond donors (Lipinski definition) is 2. The van der Waals surface area contributed by atoms with Gasteiger partial charge in [0.15, 0.2) is 0 Å². The molecule has 0 saturated heterocycles. The van der Waals surface area contributed by atoms with Crippen LogP contribution < -0.4 is 11.5 Å². The molecule has 0 aromatic carbocycles. The summed E-state index contributed by atoms with van der Waals surface area (Å²) in [6.07, 6.45) is 5.32. The van der Waals surface area contributed by atoms with E-state index in [4.69, 9.17) is 11.5 Å². The van der Waals surface area contributed by atoms with E-state index >= 15 is 0 Å². The SMILES string of the molecule is NCCC(CN)C1CCC1. The van der Waals surface area contributed by atoms with Crippen LogP contribution in [0, 0.1) is 11.8 Å². The molecule has 2 nitrogen and oxygen atoms in total. The summed E-state index contributed by atoms with van der Waals surface area (Å²) in [5.74, 6) is 1.63. The summed E-state index contributed by atoms with van der Waals surface area (Å²) in [5.41, 5.74) is 11.1. The third-order valence-corrected chi connectivity index (χ3v) is 2.66. The van der Waals surface area contributed by atoms with E-state index in [-0.39, 0.29) is 0 Å². The van der Waals surface area contributed by atoms with Gasteiger partial charge in [0.1, 0.15) is 0 Å². The van der Waals surface area contributed by atoms with Crippen LogP contribution in [-0.2, 0) is 0 Å². The van der Waals surface area contributed by atoms with Crippen molar-refractivity contribution in [3.05, 3.63) is 0 Å². The Morgan fingerprint density at radius 2 is 2.00 bits per heavy atom. The maximum absolute atomic E-state index is 5.61. The molecule has 0 spiro atoms. The molecule has 1 fully saturated rings. The molecule has 0 heterocycles. The van der Waals surface area contributed by atoms with E-state index in [0.29, 0.717) is 0 Å². The maximum Gasteiger partial charge on any atom is -0.00457 e. The van der Waals surface area contributed by atoms with E-state index in [0.717, 1.165) is 31.3 Å². The molecule has 0 amide bonds. The van der Waals surface area contributed by atoms with Gasteiger partial charge in [-0.2, -0.15) is 0 Å². The molecule has 2 heteroatoms. The normalized spacial score (nSPS) is 22.2. The molecular weight excluding hydrogens is 124 g/mol. The summed E-state index contributed by atoms with van der Waals surface area (Å²) in [4.78, 5) is 0. The Labute approximate surface area is 63.0 Å². The highest BCUT2D eigenvalue weighted by molar-refractivity contribution is 4.78. The molecule has 0 aromatic heterocycles. The van der Waals surface area contributed by atoms with E-state index < -0.39 is 0 Å². The minimum Gasteiger partial charge on any atom is -0.330 e. The Morgan fingerprint density at radius 3 is 2.30 bits per heavy atom. The first-order valence-corrected chi connectivity index (χ1v) is 4.28. The lowest BCUT2D eigenvalue weighted by atomic mass is 9.74. The number of nitrogens with two attached hydrogens (primary N) is 2. The molecule has 1 unspecified atom stereocenters. The number of rotatable bonds is 4. The van der Waals surface area contributed by atoms with Gasteiger partial charge in [0, 0.05) is 0 Å². The van der Waals surface area contributed by atoms with E-state index in [1.807, 2.05) is 0 Å². The predicted molar refractivity (Wildman–Crippen MR) is 43.6 cm³/mol. The smallest absolute Gasteiger partial charge is 0.00457 e. The van der Waals surface area contributed by atoms with E-state index in [2.05, 4.69) is 0 Å². The van der Waals surface area contributed by atoms with Gasteiger partial charge in [-0.05, 0) is 31.3 Å². The van der Waals surface area contributed by atoms with E-state index in [9.17, 15) is 0 Å². The lowest BCUT2D eigenvalue weighted by Gasteiger charge is -2.32. The molecule has 0 bridgehead atoms. The average Bonchev–Trinajstić information content (AvgIpc) is 1.83. The fraction of sp³-hybridized carbons (Fsp3) is 1.00. The van der Waals surface area contributed by atoms with Gasteiger partial charge in [0.05, 0.1) is 0 Å². The summed E-state index contributed by atoms with van der Waals surface area (Å²) in [5, 5.41) is 0. The molecule has 4 N–H and O–H groups in total. The van der Waals surface area contributed by atoms with Crippen LogP contribution in [0.4, 0.5) is 0 Å². The molecule has 1 atom stereocenters. The second-order valence-electron chi connectivity index (χ2n) is 3.26. The van der Waals surface area contributed by atoms with Crippen LogP contribution in [0.3, 0.4) is 0 Å². The highest BCUT2D eigenvalue weighted by Gasteiger charge is 2.25. The number of hydrogen-bond acceptors (Lipinski definition) is 2. The van der Waals surface area contributed by atoms with Crippen LogP contribution in [0.2, 0.25) is 0 Å². The van der Waals surface area contributed by atoms with Crippen LogP contribution in [0.15, 0.2) is 0 Å². The monoisotopic (exact) mass is 142 g/mol. The molecule has 0 aliphatic heterocycles. The minimum atomic E-state index is 0.721. The highest BCUT2D eigenvalue weighted by atomic mass is 14.6. The molecule has 60 valence electrons. The van der Waals surface area contributed by atoms with Crippen LogP contribution in [0.1, 0.15) is 25.7 Å². The maximum atomic E-state index is 5.61. The Bertz CT molecular complexity index is 89.3. The first-order valence-electron chi connectivity index (χ1n) is 4.28. The molecule has 1 rings (SSSR count). The van der Waals surface area contributed by atoms with Gasteiger partial charge < -0.3 is 11.5 Å². The van der Waals surface area contributed by atoms with Crippen molar-refractivity contribution < 1.29 is 0 Å². The summed E-state index contributed by atoms with van der Waals surface area (Å²) in [6, 6.07) is 0. The first kappa shape index (κ1) is 8.02. The third-order valence-electron chi connectivity index (χ3n) is 2.66. The van der Waals surface area contributed by atoms with Gasteiger partial charge in [-0.25, -0.2) is 0 Å². The van der Waals surface area contributed by atoms with Crippen molar-refractivity contribution in [3.8, 4) is 0 Å². The topological polar surface area (TPSA) is 52.0 Å². The Hall–Kier alpha value is -0.0800. The minimum absolute atomic E-state index is 0.721. The van der Waals surface area contributed by atoms with E-state index in [1.165, 1.54) is 19.3 Å². The molecular formula is C8H18N2. The van der Waals surface area contributed by atoms with Crippen LogP contribution in [0.25, 0.3) is 0 Å². The van der Waals surface area contributed by atoms with Crippen LogP contribution in [0.5, 0.6) is 0 Å². The Kier molecular flexibility index (Phi) is 3.16. The Morgan fingerprint density at radius 1 is 1.30 bits per heavy atom. The second-order valence-corrected chi connectivity index (χ2v) is 3.26. The zero-order chi connectivity index (χ0) is 7.40. The van der Waals surface area contributed by atoms with Crippen molar-refractivity contribution in [2.24, 2.45) is 23.3 Å². The second kappa shape index (κ2) is 3.94. The largest absolute Gasteiger partial charge is 0.330 e. The molecule has 0 radical (unpaired) electrons. The molecule has 1 aliphatic rings. The molecule has 0 aromatic rings. The third kappa shape index (κ3) is 1.70. The first-order chi connectivity index (χ1) is 4.88. The summed E-state index contributed by atoms with van der Waals surface area (Å²) in [6.45, 7) is 1.64. The van der Waals surface area contributed by atoms with Crippen molar-refractivity contribution in [2.45, 2.75) is 25.7 Å². The molecule has 1 aliphatic carbocycles. The van der Waals surface area contributed by atoms with Gasteiger partial charge in [0.2, 0.25) is 0 Å². The van der Waals surface area contributed by atoms with Crippen LogP contribution >= 0.6 is 0 Å². The van der Waals surface area contributed by atoms with Gasteiger partial charge in [0.25, 0.3) is 0 Å². The van der Waals surface area contributed by atoms with Crippen molar-refractivity contribution >= 4 is 0 Å². The lowest BCUT2D eigenvalue weighted by molar-refractivity contribution is 0.203. The zero-order valence-corrected chi connectivity index (χ0v) is 6.55. The van der Waals surface area contributed by atoms with E-state index in [1.54, 1.807) is 0 Å². The summed E-state index contributed by atoms with van der Waals surface area (Å²) >= 11 is 0. The van der Waals surface area contributed by atoms with Crippen molar-refractivity contribution in [1.82, 2.24) is 0 Å². The fourth-order valence-corrected chi connectivity index (χ4v) is 1.67. The summed E-state index contributed by atoms with van der Waals surface area (Å²) in [7, 11) is 0. The van der Waals surface area contributed by atoms with Crippen molar-refractivity contribution in [1.29, 1.82) is 0 Å². The van der Waals surface area contributed by atoms with Gasteiger partial charge in [-0.1, -0.05) is 19.3 Å². The lowest BCUT2D eigenvalue weighted by Crippen LogP contribution is -2.30. The van der Waals surface area contributed by atoms with Gasteiger partial charge >= 0.3 is 0 Å². The standard InChI is InChI=1S/C8H18N2/c9-5-4-8(6-10)7-2-1-3-7/h7-8H,1-6,9-10H2. The average molecular weight is 142 g/mol. The van der Waals surface area contributed by atoms with Gasteiger partial charge in [-0.3, -0.25) is 0 Å². The molecule has 1 saturated carbocycles. The zero-order valence-electron chi connectivity index (χ0n) is 6.55. The van der Waals surface area contributed by atoms with Crippen LogP contribution in [-0.4, -0.2) is 13.1 Å². The fourth-order valence-electron chi connectivity index (χ4n) is 1.67. The predicted octanol–water partition coefficient (Wildman–Crippen LogP) is 0.710. The van der Waals surface area contributed by atoms with Crippen molar-refractivity contribution in [3.63, 3.8) is 0 Å². The van der Waals surface area contributed by atoms with Crippen molar-refractivity contribution in [2.75, 3.05) is 13.1 Å². The molecule has 10 heavy (non-hydrogen) atoms.